The zero-order valence-electron chi connectivity index (χ0n) is 10.0. The Morgan fingerprint density at radius 3 is 2.50 bits per heavy atom. The molecule has 3 heteroatoms. The second kappa shape index (κ2) is 5.69. The molecule has 0 saturated heterocycles. The molecule has 0 aliphatic carbocycles. The summed E-state index contributed by atoms with van der Waals surface area (Å²) in [5.74, 6) is 0.844. The van der Waals surface area contributed by atoms with Gasteiger partial charge in [0.2, 0.25) is 0 Å². The molecule has 0 bridgehead atoms. The highest BCUT2D eigenvalue weighted by molar-refractivity contribution is 6.31. The first kappa shape index (κ1) is 12.7. The first-order valence-corrected chi connectivity index (χ1v) is 5.98. The number of Topliss-reactive ketones (excluding diaryl/α,β-unsaturated/α-hetero) is 1. The standard InChI is InChI=1S/C15H13ClO2/c1-18-14-7-5-11(6-8-14)9-15(17)12-3-2-4-13(16)10-12/h2-8,10H,9H2,1H3. The van der Waals surface area contributed by atoms with Crippen LogP contribution >= 0.6 is 11.6 Å². The van der Waals surface area contributed by atoms with Crippen LogP contribution in [0.2, 0.25) is 5.02 Å². The van der Waals surface area contributed by atoms with E-state index in [2.05, 4.69) is 0 Å². The molecule has 2 aromatic rings. The van der Waals surface area contributed by atoms with Crippen LogP contribution in [0.1, 0.15) is 15.9 Å². The Kier molecular flexibility index (Phi) is 4.00. The molecule has 0 amide bonds. The third-order valence-electron chi connectivity index (χ3n) is 2.67. The Morgan fingerprint density at radius 1 is 1.17 bits per heavy atom. The Balaban J connectivity index is 2.11. The predicted molar refractivity (Wildman–Crippen MR) is 72.5 cm³/mol. The summed E-state index contributed by atoms with van der Waals surface area (Å²) in [7, 11) is 1.62. The SMILES string of the molecule is COc1ccc(CC(=O)c2cccc(Cl)c2)cc1. The fourth-order valence-electron chi connectivity index (χ4n) is 1.69. The largest absolute Gasteiger partial charge is 0.497 e. The van der Waals surface area contributed by atoms with E-state index in [4.69, 9.17) is 16.3 Å². The van der Waals surface area contributed by atoms with Gasteiger partial charge in [0.25, 0.3) is 0 Å². The van der Waals surface area contributed by atoms with Gasteiger partial charge in [-0.3, -0.25) is 4.79 Å². The molecule has 0 aliphatic rings. The second-order valence-electron chi connectivity index (χ2n) is 3.96. The van der Waals surface area contributed by atoms with Gasteiger partial charge in [-0.05, 0) is 29.8 Å². The highest BCUT2D eigenvalue weighted by atomic mass is 35.5. The molecule has 0 fully saturated rings. The van der Waals surface area contributed by atoms with E-state index in [0.717, 1.165) is 11.3 Å². The van der Waals surface area contributed by atoms with Gasteiger partial charge in [-0.2, -0.15) is 0 Å². The fraction of sp³-hybridized carbons (Fsp3) is 0.133. The minimum Gasteiger partial charge on any atom is -0.497 e. The maximum atomic E-state index is 12.0. The number of ketones is 1. The van der Waals surface area contributed by atoms with Crippen LogP contribution in [-0.4, -0.2) is 12.9 Å². The van der Waals surface area contributed by atoms with Crippen LogP contribution in [0.15, 0.2) is 48.5 Å². The monoisotopic (exact) mass is 260 g/mol. The van der Waals surface area contributed by atoms with E-state index in [1.54, 1.807) is 31.4 Å². The lowest BCUT2D eigenvalue weighted by Gasteiger charge is -2.04. The number of hydrogen-bond acceptors (Lipinski definition) is 2. The lowest BCUT2D eigenvalue weighted by molar-refractivity contribution is 0.0993. The molecule has 0 N–H and O–H groups in total. The van der Waals surface area contributed by atoms with Gasteiger partial charge in [-0.15, -0.1) is 0 Å². The Hall–Kier alpha value is -1.80. The molecular weight excluding hydrogens is 248 g/mol. The Bertz CT molecular complexity index is 547. The van der Waals surface area contributed by atoms with Crippen LogP contribution in [0.4, 0.5) is 0 Å². The minimum atomic E-state index is 0.0580. The van der Waals surface area contributed by atoms with E-state index in [1.165, 1.54) is 0 Å². The summed E-state index contributed by atoms with van der Waals surface area (Å²) in [6, 6.07) is 14.5. The Morgan fingerprint density at radius 2 is 1.89 bits per heavy atom. The van der Waals surface area contributed by atoms with Crippen molar-refractivity contribution in [2.24, 2.45) is 0 Å². The number of benzene rings is 2. The number of carbonyl (C=O) groups excluding carboxylic acids is 1. The molecule has 2 aromatic carbocycles. The predicted octanol–water partition coefficient (Wildman–Crippen LogP) is 3.77. The first-order valence-electron chi connectivity index (χ1n) is 5.61. The van der Waals surface area contributed by atoms with Crippen molar-refractivity contribution >= 4 is 17.4 Å². The van der Waals surface area contributed by atoms with Gasteiger partial charge in [-0.25, -0.2) is 0 Å². The summed E-state index contributed by atoms with van der Waals surface area (Å²) in [6.45, 7) is 0. The summed E-state index contributed by atoms with van der Waals surface area (Å²) < 4.78 is 5.07. The van der Waals surface area contributed by atoms with Crippen molar-refractivity contribution in [3.8, 4) is 5.75 Å². The number of halogens is 1. The summed E-state index contributed by atoms with van der Waals surface area (Å²) in [4.78, 5) is 12.0. The molecule has 0 aromatic heterocycles. The van der Waals surface area contributed by atoms with Gasteiger partial charge in [0.05, 0.1) is 7.11 Å². The lowest BCUT2D eigenvalue weighted by atomic mass is 10.0. The van der Waals surface area contributed by atoms with Gasteiger partial charge in [0.15, 0.2) is 5.78 Å². The topological polar surface area (TPSA) is 26.3 Å². The average Bonchev–Trinajstić information content (AvgIpc) is 2.39. The highest BCUT2D eigenvalue weighted by Gasteiger charge is 2.07. The number of rotatable bonds is 4. The maximum absolute atomic E-state index is 12.0. The quantitative estimate of drug-likeness (QED) is 0.782. The molecule has 18 heavy (non-hydrogen) atoms. The molecule has 2 nitrogen and oxygen atoms in total. The number of carbonyl (C=O) groups is 1. The van der Waals surface area contributed by atoms with Crippen LogP contribution in [0.25, 0.3) is 0 Å². The number of hydrogen-bond donors (Lipinski definition) is 0. The van der Waals surface area contributed by atoms with Crippen LogP contribution < -0.4 is 4.74 Å². The molecule has 0 spiro atoms. The summed E-state index contributed by atoms with van der Waals surface area (Å²) in [5.41, 5.74) is 1.60. The second-order valence-corrected chi connectivity index (χ2v) is 4.39. The normalized spacial score (nSPS) is 10.1. The van der Waals surface area contributed by atoms with Crippen molar-refractivity contribution in [3.05, 3.63) is 64.7 Å². The first-order chi connectivity index (χ1) is 8.69. The molecule has 92 valence electrons. The van der Waals surface area contributed by atoms with Crippen LogP contribution in [0, 0.1) is 0 Å². The molecule has 2 rings (SSSR count). The van der Waals surface area contributed by atoms with E-state index in [0.29, 0.717) is 17.0 Å². The molecule has 0 atom stereocenters. The van der Waals surface area contributed by atoms with Crippen LogP contribution in [-0.2, 0) is 6.42 Å². The van der Waals surface area contributed by atoms with Gasteiger partial charge in [0.1, 0.15) is 5.75 Å². The van der Waals surface area contributed by atoms with E-state index in [9.17, 15) is 4.79 Å². The lowest BCUT2D eigenvalue weighted by Crippen LogP contribution is -2.03. The fourth-order valence-corrected chi connectivity index (χ4v) is 1.88. The highest BCUT2D eigenvalue weighted by Crippen LogP contribution is 2.15. The molecule has 0 saturated carbocycles. The van der Waals surface area contributed by atoms with E-state index < -0.39 is 0 Å². The smallest absolute Gasteiger partial charge is 0.167 e. The van der Waals surface area contributed by atoms with E-state index in [1.807, 2.05) is 24.3 Å². The minimum absolute atomic E-state index is 0.0580. The van der Waals surface area contributed by atoms with Gasteiger partial charge in [0, 0.05) is 17.0 Å². The van der Waals surface area contributed by atoms with E-state index >= 15 is 0 Å². The van der Waals surface area contributed by atoms with Crippen molar-refractivity contribution < 1.29 is 9.53 Å². The van der Waals surface area contributed by atoms with Crippen molar-refractivity contribution in [2.75, 3.05) is 7.11 Å². The maximum Gasteiger partial charge on any atom is 0.167 e. The third-order valence-corrected chi connectivity index (χ3v) is 2.91. The van der Waals surface area contributed by atoms with Crippen LogP contribution in [0.5, 0.6) is 5.75 Å². The summed E-state index contributed by atoms with van der Waals surface area (Å²) >= 11 is 5.86. The van der Waals surface area contributed by atoms with Gasteiger partial charge >= 0.3 is 0 Å². The van der Waals surface area contributed by atoms with Crippen molar-refractivity contribution in [1.82, 2.24) is 0 Å². The molecule has 0 aliphatic heterocycles. The van der Waals surface area contributed by atoms with Crippen LogP contribution in [0.3, 0.4) is 0 Å². The van der Waals surface area contributed by atoms with Crippen molar-refractivity contribution in [1.29, 1.82) is 0 Å². The Labute approximate surface area is 111 Å². The molecule has 0 unspecified atom stereocenters. The summed E-state index contributed by atoms with van der Waals surface area (Å²) in [6.07, 6.45) is 0.365. The van der Waals surface area contributed by atoms with E-state index in [-0.39, 0.29) is 5.78 Å². The molecule has 0 heterocycles. The number of ether oxygens (including phenoxy) is 1. The molecule has 0 radical (unpaired) electrons. The zero-order chi connectivity index (χ0) is 13.0. The zero-order valence-corrected chi connectivity index (χ0v) is 10.8. The number of methoxy groups -OCH3 is 1. The summed E-state index contributed by atoms with van der Waals surface area (Å²) in [5, 5.41) is 0.579. The average molecular weight is 261 g/mol. The van der Waals surface area contributed by atoms with Crippen molar-refractivity contribution in [2.45, 2.75) is 6.42 Å². The van der Waals surface area contributed by atoms with Crippen molar-refractivity contribution in [3.63, 3.8) is 0 Å². The van der Waals surface area contributed by atoms with Gasteiger partial charge in [-0.1, -0.05) is 35.9 Å². The molecular formula is C15H13ClO2. The third kappa shape index (κ3) is 3.11. The van der Waals surface area contributed by atoms with Gasteiger partial charge < -0.3 is 4.74 Å².